The maximum absolute atomic E-state index is 13.7. The van der Waals surface area contributed by atoms with E-state index in [4.69, 9.17) is 4.74 Å². The summed E-state index contributed by atoms with van der Waals surface area (Å²) in [5.41, 5.74) is 1.51. The number of thiazole rings is 1. The molecule has 5 nitrogen and oxygen atoms in total. The van der Waals surface area contributed by atoms with Crippen LogP contribution in [0.15, 0.2) is 66.3 Å². The first-order chi connectivity index (χ1) is 13.2. The van der Waals surface area contributed by atoms with Gasteiger partial charge in [0.2, 0.25) is 0 Å². The van der Waals surface area contributed by atoms with E-state index >= 15 is 0 Å². The quantitative estimate of drug-likeness (QED) is 0.500. The second kappa shape index (κ2) is 7.46. The molecule has 3 heterocycles. The predicted molar refractivity (Wildman–Crippen MR) is 99.3 cm³/mol. The van der Waals surface area contributed by atoms with E-state index in [1.807, 2.05) is 23.6 Å². The first-order valence-corrected chi connectivity index (χ1v) is 8.79. The smallest absolute Gasteiger partial charge is 0.198 e. The Labute approximate surface area is 157 Å². The Bertz CT molecular complexity index is 1050. The molecule has 1 N–H and O–H groups in total. The van der Waals surface area contributed by atoms with E-state index < -0.39 is 17.4 Å². The van der Waals surface area contributed by atoms with Crippen molar-refractivity contribution >= 4 is 22.3 Å². The molecule has 0 saturated heterocycles. The van der Waals surface area contributed by atoms with E-state index in [9.17, 15) is 8.78 Å². The third-order valence-electron chi connectivity index (χ3n) is 3.54. The van der Waals surface area contributed by atoms with E-state index in [-0.39, 0.29) is 5.75 Å². The number of nitrogens with zero attached hydrogens (tertiary/aromatic N) is 3. The van der Waals surface area contributed by atoms with Crippen LogP contribution in [0.4, 0.5) is 19.7 Å². The summed E-state index contributed by atoms with van der Waals surface area (Å²) in [6, 6.07) is 12.2. The highest BCUT2D eigenvalue weighted by Crippen LogP contribution is 2.30. The van der Waals surface area contributed by atoms with Crippen molar-refractivity contribution < 1.29 is 13.5 Å². The highest BCUT2D eigenvalue weighted by Gasteiger charge is 2.12. The fourth-order valence-electron chi connectivity index (χ4n) is 2.31. The minimum atomic E-state index is -0.777. The molecular formula is C19H12F2N4OS. The Morgan fingerprint density at radius 1 is 0.889 bits per heavy atom. The lowest BCUT2D eigenvalue weighted by Crippen LogP contribution is -1.96. The van der Waals surface area contributed by atoms with Crippen LogP contribution >= 0.6 is 11.3 Å². The second-order valence-corrected chi connectivity index (χ2v) is 6.27. The van der Waals surface area contributed by atoms with Gasteiger partial charge < -0.3 is 10.1 Å². The first-order valence-electron chi connectivity index (χ1n) is 7.91. The van der Waals surface area contributed by atoms with Gasteiger partial charge in [0.05, 0.1) is 5.69 Å². The largest absolute Gasteiger partial charge is 0.451 e. The van der Waals surface area contributed by atoms with Gasteiger partial charge in [0.25, 0.3) is 0 Å². The Hall–Kier alpha value is -3.39. The lowest BCUT2D eigenvalue weighted by Gasteiger charge is -2.09. The molecule has 0 fully saturated rings. The van der Waals surface area contributed by atoms with Gasteiger partial charge in [-0.05, 0) is 30.3 Å². The Balaban J connectivity index is 1.53. The van der Waals surface area contributed by atoms with Crippen LogP contribution in [0.3, 0.4) is 0 Å². The topological polar surface area (TPSA) is 59.9 Å². The number of ether oxygens (including phenoxy) is 1. The molecular weight excluding hydrogens is 370 g/mol. The average Bonchev–Trinajstić information content (AvgIpc) is 3.14. The molecule has 0 aliphatic heterocycles. The number of hydrogen-bond donors (Lipinski definition) is 1. The number of pyridine rings is 2. The summed E-state index contributed by atoms with van der Waals surface area (Å²) in [6.07, 6.45) is 3.18. The van der Waals surface area contributed by atoms with Gasteiger partial charge in [0.1, 0.15) is 17.3 Å². The Morgan fingerprint density at radius 3 is 2.52 bits per heavy atom. The summed E-state index contributed by atoms with van der Waals surface area (Å²) in [4.78, 5) is 12.9. The molecule has 3 aromatic heterocycles. The van der Waals surface area contributed by atoms with Crippen LogP contribution in [0, 0.1) is 11.6 Å². The van der Waals surface area contributed by atoms with Crippen molar-refractivity contribution in [2.75, 3.05) is 5.32 Å². The number of halogens is 2. The molecule has 134 valence electrons. The third-order valence-corrected chi connectivity index (χ3v) is 4.29. The molecule has 0 aliphatic rings. The van der Waals surface area contributed by atoms with E-state index in [1.54, 1.807) is 6.20 Å². The van der Waals surface area contributed by atoms with Crippen molar-refractivity contribution in [3.63, 3.8) is 0 Å². The van der Waals surface area contributed by atoms with E-state index in [0.717, 1.165) is 23.5 Å². The standard InChI is InChI=1S/C19H12F2N4OS/c20-13-4-3-5-14(21)18(13)26-12-7-9-23-17(10-12)25-19-24-16(11-27-19)15-6-1-2-8-22-15/h1-11H,(H,23,24,25). The molecule has 4 aromatic rings. The third kappa shape index (κ3) is 3.90. The van der Waals surface area contributed by atoms with Gasteiger partial charge in [0, 0.05) is 23.8 Å². The maximum atomic E-state index is 13.7. The van der Waals surface area contributed by atoms with Crippen molar-refractivity contribution in [1.29, 1.82) is 0 Å². The maximum Gasteiger partial charge on any atom is 0.198 e. The highest BCUT2D eigenvalue weighted by atomic mass is 32.1. The van der Waals surface area contributed by atoms with Gasteiger partial charge in [-0.2, -0.15) is 0 Å². The van der Waals surface area contributed by atoms with E-state index in [1.165, 1.54) is 35.7 Å². The summed E-state index contributed by atoms with van der Waals surface area (Å²) in [6.45, 7) is 0. The number of hydrogen-bond acceptors (Lipinski definition) is 6. The van der Waals surface area contributed by atoms with Crippen molar-refractivity contribution in [3.8, 4) is 22.9 Å². The summed E-state index contributed by atoms with van der Waals surface area (Å²) >= 11 is 1.39. The normalized spacial score (nSPS) is 10.6. The summed E-state index contributed by atoms with van der Waals surface area (Å²) < 4.78 is 32.8. The molecule has 0 amide bonds. The number of para-hydroxylation sites is 1. The van der Waals surface area contributed by atoms with Crippen molar-refractivity contribution in [2.24, 2.45) is 0 Å². The number of rotatable bonds is 5. The van der Waals surface area contributed by atoms with Crippen molar-refractivity contribution in [2.45, 2.75) is 0 Å². The minimum absolute atomic E-state index is 0.248. The van der Waals surface area contributed by atoms with Crippen LogP contribution in [-0.4, -0.2) is 15.0 Å². The molecule has 8 heteroatoms. The first kappa shape index (κ1) is 17.0. The zero-order valence-corrected chi connectivity index (χ0v) is 14.6. The molecule has 0 atom stereocenters. The Morgan fingerprint density at radius 2 is 1.74 bits per heavy atom. The van der Waals surface area contributed by atoms with Crippen LogP contribution in [0.5, 0.6) is 11.5 Å². The molecule has 0 aliphatic carbocycles. The number of benzene rings is 1. The van der Waals surface area contributed by atoms with E-state index in [0.29, 0.717) is 10.9 Å². The minimum Gasteiger partial charge on any atom is -0.451 e. The van der Waals surface area contributed by atoms with Crippen LogP contribution in [-0.2, 0) is 0 Å². The zero-order chi connectivity index (χ0) is 18.6. The van der Waals surface area contributed by atoms with Gasteiger partial charge in [-0.3, -0.25) is 4.98 Å². The lowest BCUT2D eigenvalue weighted by atomic mass is 10.3. The number of aromatic nitrogens is 3. The van der Waals surface area contributed by atoms with E-state index in [2.05, 4.69) is 20.3 Å². The molecule has 4 rings (SSSR count). The molecule has 0 bridgehead atoms. The van der Waals surface area contributed by atoms with Gasteiger partial charge >= 0.3 is 0 Å². The summed E-state index contributed by atoms with van der Waals surface area (Å²) in [7, 11) is 0. The number of nitrogens with one attached hydrogen (secondary N) is 1. The molecule has 0 radical (unpaired) electrons. The van der Waals surface area contributed by atoms with Crippen molar-refractivity contribution in [1.82, 2.24) is 15.0 Å². The van der Waals surface area contributed by atoms with Crippen molar-refractivity contribution in [3.05, 3.63) is 77.9 Å². The SMILES string of the molecule is Fc1cccc(F)c1Oc1ccnc(Nc2nc(-c3ccccn3)cs2)c1. The fourth-order valence-corrected chi connectivity index (χ4v) is 3.02. The summed E-state index contributed by atoms with van der Waals surface area (Å²) in [5.74, 6) is -1.33. The molecule has 0 spiro atoms. The zero-order valence-electron chi connectivity index (χ0n) is 13.8. The summed E-state index contributed by atoms with van der Waals surface area (Å²) in [5, 5.41) is 5.53. The molecule has 1 aromatic carbocycles. The monoisotopic (exact) mass is 382 g/mol. The van der Waals surface area contributed by atoms with Crippen LogP contribution in [0.2, 0.25) is 0 Å². The van der Waals surface area contributed by atoms with Crippen LogP contribution < -0.4 is 10.1 Å². The predicted octanol–water partition coefficient (Wildman–Crippen LogP) is 5.41. The number of anilines is 2. The van der Waals surface area contributed by atoms with Gasteiger partial charge in [0.15, 0.2) is 22.5 Å². The fraction of sp³-hybridized carbons (Fsp3) is 0. The average molecular weight is 382 g/mol. The van der Waals surface area contributed by atoms with Gasteiger partial charge in [-0.15, -0.1) is 11.3 Å². The molecule has 0 unspecified atom stereocenters. The highest BCUT2D eigenvalue weighted by molar-refractivity contribution is 7.14. The van der Waals surface area contributed by atoms with Gasteiger partial charge in [-0.25, -0.2) is 18.7 Å². The molecule has 27 heavy (non-hydrogen) atoms. The Kier molecular flexibility index (Phi) is 4.71. The van der Waals surface area contributed by atoms with Gasteiger partial charge in [-0.1, -0.05) is 12.1 Å². The second-order valence-electron chi connectivity index (χ2n) is 5.41. The van der Waals surface area contributed by atoms with Crippen LogP contribution in [0.25, 0.3) is 11.4 Å². The molecule has 0 saturated carbocycles. The lowest BCUT2D eigenvalue weighted by molar-refractivity contribution is 0.407. The van der Waals surface area contributed by atoms with Crippen LogP contribution in [0.1, 0.15) is 0 Å².